The van der Waals surface area contributed by atoms with Crippen LogP contribution in [-0.4, -0.2) is 12.5 Å². The number of hydrogen-bond donors (Lipinski definition) is 1. The quantitative estimate of drug-likeness (QED) is 0.512. The third-order valence-corrected chi connectivity index (χ3v) is 2.92. The fourth-order valence-corrected chi connectivity index (χ4v) is 1.95. The van der Waals surface area contributed by atoms with Gasteiger partial charge in [-0.15, -0.1) is 0 Å². The maximum atomic E-state index is 13.4. The first kappa shape index (κ1) is 13.2. The summed E-state index contributed by atoms with van der Waals surface area (Å²) in [4.78, 5) is 11.7. The molecular weight excluding hydrogens is 320 g/mol. The Labute approximate surface area is 108 Å². The standard InChI is InChI=1S/C12H13FINO/c1-2-3-4-8-15-12(16)11-9(13)6-5-7-10(11)14/h2-3,5-7H,4,8H2,1H3,(H,15,16). The predicted molar refractivity (Wildman–Crippen MR) is 70.9 cm³/mol. The molecule has 0 aromatic heterocycles. The molecule has 0 aliphatic rings. The number of nitrogens with one attached hydrogen (secondary N) is 1. The Bertz CT molecular complexity index is 384. The van der Waals surface area contributed by atoms with Gasteiger partial charge in [-0.25, -0.2) is 4.39 Å². The first-order valence-corrected chi connectivity index (χ1v) is 6.08. The molecule has 0 unspecified atom stereocenters. The van der Waals surface area contributed by atoms with Crippen LogP contribution >= 0.6 is 22.6 Å². The third kappa shape index (κ3) is 3.59. The molecule has 1 N–H and O–H groups in total. The van der Waals surface area contributed by atoms with E-state index in [-0.39, 0.29) is 11.5 Å². The van der Waals surface area contributed by atoms with E-state index >= 15 is 0 Å². The summed E-state index contributed by atoms with van der Waals surface area (Å²) in [5.74, 6) is -0.831. The van der Waals surface area contributed by atoms with E-state index in [0.29, 0.717) is 10.1 Å². The van der Waals surface area contributed by atoms with E-state index in [1.807, 2.05) is 41.7 Å². The van der Waals surface area contributed by atoms with Crippen LogP contribution in [0.2, 0.25) is 0 Å². The highest BCUT2D eigenvalue weighted by atomic mass is 127. The van der Waals surface area contributed by atoms with E-state index in [4.69, 9.17) is 0 Å². The SMILES string of the molecule is CC=CCCNC(=O)c1c(F)cccc1I. The van der Waals surface area contributed by atoms with Crippen LogP contribution in [0.3, 0.4) is 0 Å². The molecule has 0 spiro atoms. The normalized spacial score (nSPS) is 10.7. The largest absolute Gasteiger partial charge is 0.352 e. The van der Waals surface area contributed by atoms with Gasteiger partial charge in [0, 0.05) is 10.1 Å². The van der Waals surface area contributed by atoms with Crippen LogP contribution in [0.4, 0.5) is 4.39 Å². The number of rotatable bonds is 4. The average Bonchev–Trinajstić information content (AvgIpc) is 2.24. The van der Waals surface area contributed by atoms with Crippen LogP contribution < -0.4 is 5.32 Å². The predicted octanol–water partition coefficient (Wildman–Crippen LogP) is 3.13. The van der Waals surface area contributed by atoms with Crippen molar-refractivity contribution >= 4 is 28.5 Å². The molecular formula is C12H13FINO. The lowest BCUT2D eigenvalue weighted by Gasteiger charge is -2.06. The third-order valence-electron chi connectivity index (χ3n) is 2.02. The number of halogens is 2. The summed E-state index contributed by atoms with van der Waals surface area (Å²) >= 11 is 1.95. The van der Waals surface area contributed by atoms with Gasteiger partial charge in [0.1, 0.15) is 5.82 Å². The van der Waals surface area contributed by atoms with Crippen molar-refractivity contribution in [3.63, 3.8) is 0 Å². The van der Waals surface area contributed by atoms with Gasteiger partial charge in [-0.05, 0) is 48.1 Å². The van der Waals surface area contributed by atoms with Gasteiger partial charge >= 0.3 is 0 Å². The van der Waals surface area contributed by atoms with Gasteiger partial charge in [0.05, 0.1) is 5.56 Å². The zero-order valence-electron chi connectivity index (χ0n) is 8.97. The average molecular weight is 333 g/mol. The van der Waals surface area contributed by atoms with E-state index < -0.39 is 5.82 Å². The lowest BCUT2D eigenvalue weighted by atomic mass is 10.2. The minimum atomic E-state index is -0.476. The summed E-state index contributed by atoms with van der Waals surface area (Å²) in [6.45, 7) is 2.44. The molecule has 2 nitrogen and oxygen atoms in total. The highest BCUT2D eigenvalue weighted by Crippen LogP contribution is 2.15. The van der Waals surface area contributed by atoms with Crippen molar-refractivity contribution in [2.24, 2.45) is 0 Å². The Morgan fingerprint density at radius 1 is 1.56 bits per heavy atom. The molecule has 0 radical (unpaired) electrons. The van der Waals surface area contributed by atoms with Gasteiger partial charge in [-0.1, -0.05) is 18.2 Å². The molecule has 86 valence electrons. The molecule has 16 heavy (non-hydrogen) atoms. The Morgan fingerprint density at radius 3 is 2.94 bits per heavy atom. The number of amides is 1. The molecule has 0 fully saturated rings. The van der Waals surface area contributed by atoms with Crippen LogP contribution in [0.5, 0.6) is 0 Å². The molecule has 4 heteroatoms. The van der Waals surface area contributed by atoms with Gasteiger partial charge in [0.25, 0.3) is 5.91 Å². The number of carbonyl (C=O) groups is 1. The molecule has 1 amide bonds. The highest BCUT2D eigenvalue weighted by molar-refractivity contribution is 14.1. The monoisotopic (exact) mass is 333 g/mol. The van der Waals surface area contributed by atoms with Crippen LogP contribution in [0.1, 0.15) is 23.7 Å². The second kappa shape index (κ2) is 6.62. The van der Waals surface area contributed by atoms with Crippen molar-refractivity contribution in [2.75, 3.05) is 6.54 Å². The van der Waals surface area contributed by atoms with Gasteiger partial charge < -0.3 is 5.32 Å². The van der Waals surface area contributed by atoms with Gasteiger partial charge in [-0.3, -0.25) is 4.79 Å². The zero-order valence-corrected chi connectivity index (χ0v) is 11.1. The van der Waals surface area contributed by atoms with E-state index in [1.165, 1.54) is 6.07 Å². The number of allylic oxidation sites excluding steroid dienone is 1. The van der Waals surface area contributed by atoms with E-state index in [9.17, 15) is 9.18 Å². The number of hydrogen-bond acceptors (Lipinski definition) is 1. The smallest absolute Gasteiger partial charge is 0.255 e. The molecule has 0 saturated heterocycles. The van der Waals surface area contributed by atoms with Crippen molar-refractivity contribution in [2.45, 2.75) is 13.3 Å². The molecule has 0 heterocycles. The van der Waals surface area contributed by atoms with Crippen molar-refractivity contribution in [3.05, 3.63) is 45.3 Å². The summed E-state index contributed by atoms with van der Waals surface area (Å²) in [6.07, 6.45) is 4.62. The van der Waals surface area contributed by atoms with Crippen LogP contribution in [0.15, 0.2) is 30.4 Å². The fraction of sp³-hybridized carbons (Fsp3) is 0.250. The van der Waals surface area contributed by atoms with Crippen molar-refractivity contribution < 1.29 is 9.18 Å². The minimum absolute atomic E-state index is 0.128. The maximum absolute atomic E-state index is 13.4. The topological polar surface area (TPSA) is 29.1 Å². The number of benzene rings is 1. The molecule has 1 aromatic carbocycles. The first-order chi connectivity index (χ1) is 7.66. The van der Waals surface area contributed by atoms with E-state index in [1.54, 1.807) is 12.1 Å². The van der Waals surface area contributed by atoms with E-state index in [0.717, 1.165) is 6.42 Å². The molecule has 0 bridgehead atoms. The first-order valence-electron chi connectivity index (χ1n) is 5.00. The molecule has 1 aromatic rings. The second-order valence-electron chi connectivity index (χ2n) is 3.21. The van der Waals surface area contributed by atoms with Crippen molar-refractivity contribution in [1.82, 2.24) is 5.32 Å². The number of carbonyl (C=O) groups excluding carboxylic acids is 1. The Hall–Kier alpha value is -0.910. The molecule has 0 aliphatic carbocycles. The maximum Gasteiger partial charge on any atom is 0.255 e. The van der Waals surface area contributed by atoms with Gasteiger partial charge in [-0.2, -0.15) is 0 Å². The fourth-order valence-electron chi connectivity index (χ4n) is 1.24. The summed E-state index contributed by atoms with van der Waals surface area (Å²) < 4.78 is 14.0. The summed E-state index contributed by atoms with van der Waals surface area (Å²) in [7, 11) is 0. The van der Waals surface area contributed by atoms with Crippen LogP contribution in [-0.2, 0) is 0 Å². The Balaban J connectivity index is 2.66. The van der Waals surface area contributed by atoms with Gasteiger partial charge in [0.15, 0.2) is 0 Å². The van der Waals surface area contributed by atoms with Crippen molar-refractivity contribution in [1.29, 1.82) is 0 Å². The van der Waals surface area contributed by atoms with E-state index in [2.05, 4.69) is 5.32 Å². The van der Waals surface area contributed by atoms with Crippen LogP contribution in [0.25, 0.3) is 0 Å². The summed E-state index contributed by atoms with van der Waals surface area (Å²) in [5, 5.41) is 2.68. The molecule has 1 rings (SSSR count). The molecule has 0 aliphatic heterocycles. The zero-order chi connectivity index (χ0) is 12.0. The van der Waals surface area contributed by atoms with Gasteiger partial charge in [0.2, 0.25) is 0 Å². The molecule has 0 saturated carbocycles. The Kier molecular flexibility index (Phi) is 5.45. The lowest BCUT2D eigenvalue weighted by molar-refractivity contribution is 0.0949. The lowest BCUT2D eigenvalue weighted by Crippen LogP contribution is -2.26. The minimum Gasteiger partial charge on any atom is -0.352 e. The van der Waals surface area contributed by atoms with Crippen molar-refractivity contribution in [3.8, 4) is 0 Å². The van der Waals surface area contributed by atoms with Crippen LogP contribution in [0, 0.1) is 9.39 Å². The second-order valence-corrected chi connectivity index (χ2v) is 4.37. The molecule has 0 atom stereocenters. The Morgan fingerprint density at radius 2 is 2.31 bits per heavy atom. The summed E-state index contributed by atoms with van der Waals surface area (Å²) in [6, 6.07) is 4.60. The highest BCUT2D eigenvalue weighted by Gasteiger charge is 2.14. The summed E-state index contributed by atoms with van der Waals surface area (Å²) in [5.41, 5.74) is 0.128.